The summed E-state index contributed by atoms with van der Waals surface area (Å²) >= 11 is 0. The molecule has 0 radical (unpaired) electrons. The number of phenols is 2. The molecule has 2 aliphatic rings. The van der Waals surface area contributed by atoms with Crippen LogP contribution in [0.2, 0.25) is 0 Å². The number of carboxylic acid groups (broad SMARTS) is 1. The summed E-state index contributed by atoms with van der Waals surface area (Å²) in [7, 11) is 0. The summed E-state index contributed by atoms with van der Waals surface area (Å²) in [6, 6.07) is 5.21. The number of esters is 1. The van der Waals surface area contributed by atoms with Crippen molar-refractivity contribution in [2.45, 2.75) is 50.7 Å². The number of carboxylic acids is 1. The molecular weight excluding hydrogens is 508 g/mol. The van der Waals surface area contributed by atoms with Crippen LogP contribution in [0.4, 0.5) is 0 Å². The maximum Gasteiger partial charge on any atom is 0.317 e. The summed E-state index contributed by atoms with van der Waals surface area (Å²) in [5, 5.41) is 59.9. The Balaban J connectivity index is 1.51. The highest BCUT2D eigenvalue weighted by molar-refractivity contribution is 6.30. The molecule has 0 spiro atoms. The maximum atomic E-state index is 13.1. The number of aryl methyl sites for hydroxylation is 1. The first kappa shape index (κ1) is 27.2. The Labute approximate surface area is 214 Å². The number of hydrogen-bond donors (Lipinski definition) is 6. The second kappa shape index (κ2) is 10.5. The van der Waals surface area contributed by atoms with Gasteiger partial charge in [0.1, 0.15) is 48.9 Å². The molecule has 0 bridgehead atoms. The zero-order valence-electron chi connectivity index (χ0n) is 19.9. The molecular formula is C25H24O13. The van der Waals surface area contributed by atoms with E-state index in [1.54, 1.807) is 6.92 Å². The van der Waals surface area contributed by atoms with Gasteiger partial charge in [-0.2, -0.15) is 0 Å². The van der Waals surface area contributed by atoms with Crippen LogP contribution in [0.5, 0.6) is 11.5 Å². The summed E-state index contributed by atoms with van der Waals surface area (Å²) in [4.78, 5) is 48.2. The summed E-state index contributed by atoms with van der Waals surface area (Å²) in [6.45, 7) is 0.597. The smallest absolute Gasteiger partial charge is 0.317 e. The van der Waals surface area contributed by atoms with Gasteiger partial charge in [-0.25, -0.2) is 0 Å². The number of aliphatic hydroxyl groups is 3. The molecule has 202 valence electrons. The zero-order valence-corrected chi connectivity index (χ0v) is 19.9. The third-order valence-corrected chi connectivity index (χ3v) is 6.17. The number of carbonyl (C=O) groups excluding carboxylic acids is 3. The van der Waals surface area contributed by atoms with Crippen molar-refractivity contribution in [3.63, 3.8) is 0 Å². The largest absolute Gasteiger partial charge is 0.507 e. The number of aliphatic carboxylic acids is 1. The van der Waals surface area contributed by atoms with Crippen molar-refractivity contribution in [1.82, 2.24) is 0 Å². The Morgan fingerprint density at radius 1 is 0.895 bits per heavy atom. The number of ketones is 2. The predicted molar refractivity (Wildman–Crippen MR) is 122 cm³/mol. The fraction of sp³-hybridized carbons (Fsp3) is 0.360. The number of hydrogen-bond acceptors (Lipinski definition) is 12. The standard InChI is InChI=1S/C25H24O13/c1-9-2-11-18(13(26)3-9)22(33)19-12(20(11)31)4-10(5-14(19)27)7-37-25-24(35)23(34)21(32)15(38-25)8-36-17(30)6-16(28)29/h2-5,15,21,23-27,32,34-35H,6-8H2,1H3,(H,28,29)/t15-,21+,23+,24-,25-/m1/s1. The number of aliphatic hydroxyl groups excluding tert-OH is 3. The quantitative estimate of drug-likeness (QED) is 0.168. The summed E-state index contributed by atoms with van der Waals surface area (Å²) in [5.41, 5.74) is 0.0659. The van der Waals surface area contributed by atoms with Crippen LogP contribution in [-0.2, 0) is 30.4 Å². The normalized spacial score (nSPS) is 24.5. The minimum atomic E-state index is -1.78. The van der Waals surface area contributed by atoms with Gasteiger partial charge in [0, 0.05) is 11.1 Å². The summed E-state index contributed by atoms with van der Waals surface area (Å²) in [6.07, 6.45) is -9.09. The van der Waals surface area contributed by atoms with Crippen LogP contribution in [0.1, 0.15) is 49.4 Å². The van der Waals surface area contributed by atoms with Gasteiger partial charge in [0.2, 0.25) is 5.78 Å². The molecule has 38 heavy (non-hydrogen) atoms. The van der Waals surface area contributed by atoms with E-state index in [4.69, 9.17) is 19.3 Å². The Morgan fingerprint density at radius 3 is 2.18 bits per heavy atom. The molecule has 1 fully saturated rings. The van der Waals surface area contributed by atoms with Crippen molar-refractivity contribution in [3.05, 3.63) is 57.6 Å². The molecule has 1 aliphatic heterocycles. The van der Waals surface area contributed by atoms with Gasteiger partial charge in [-0.15, -0.1) is 0 Å². The van der Waals surface area contributed by atoms with Gasteiger partial charge in [-0.05, 0) is 42.3 Å². The lowest BCUT2D eigenvalue weighted by molar-refractivity contribution is -0.304. The van der Waals surface area contributed by atoms with Crippen LogP contribution < -0.4 is 0 Å². The van der Waals surface area contributed by atoms with Gasteiger partial charge in [-0.3, -0.25) is 19.2 Å². The summed E-state index contributed by atoms with van der Waals surface area (Å²) < 4.78 is 15.6. The number of carbonyl (C=O) groups is 4. The molecule has 6 N–H and O–H groups in total. The van der Waals surface area contributed by atoms with Crippen LogP contribution in [0.3, 0.4) is 0 Å². The zero-order chi connectivity index (χ0) is 27.9. The first-order chi connectivity index (χ1) is 17.9. The fourth-order valence-electron chi connectivity index (χ4n) is 4.36. The van der Waals surface area contributed by atoms with E-state index in [0.717, 1.165) is 6.07 Å². The highest BCUT2D eigenvalue weighted by atomic mass is 16.7. The van der Waals surface area contributed by atoms with Gasteiger partial charge < -0.3 is 44.8 Å². The molecule has 0 unspecified atom stereocenters. The Hall–Kier alpha value is -3.88. The lowest BCUT2D eigenvalue weighted by Crippen LogP contribution is -2.59. The highest BCUT2D eigenvalue weighted by Gasteiger charge is 2.45. The van der Waals surface area contributed by atoms with Crippen LogP contribution in [0.15, 0.2) is 24.3 Å². The molecule has 13 nitrogen and oxygen atoms in total. The first-order valence-electron chi connectivity index (χ1n) is 11.4. The topological polar surface area (TPSA) is 217 Å². The molecule has 13 heteroatoms. The van der Waals surface area contributed by atoms with Gasteiger partial charge in [0.25, 0.3) is 0 Å². The number of benzene rings is 2. The van der Waals surface area contributed by atoms with Crippen molar-refractivity contribution in [2.24, 2.45) is 0 Å². The number of phenolic OH excluding ortho intramolecular Hbond substituents is 2. The van der Waals surface area contributed by atoms with E-state index in [2.05, 4.69) is 0 Å². The number of rotatable bonds is 7. The monoisotopic (exact) mass is 532 g/mol. The number of aromatic hydroxyl groups is 2. The Kier molecular flexibility index (Phi) is 7.49. The molecule has 2 aromatic carbocycles. The molecule has 0 amide bonds. The molecule has 4 rings (SSSR count). The minimum Gasteiger partial charge on any atom is -0.507 e. The van der Waals surface area contributed by atoms with E-state index in [1.165, 1.54) is 18.2 Å². The second-order valence-corrected chi connectivity index (χ2v) is 8.98. The van der Waals surface area contributed by atoms with E-state index in [9.17, 15) is 44.7 Å². The van der Waals surface area contributed by atoms with Crippen molar-refractivity contribution in [2.75, 3.05) is 6.61 Å². The minimum absolute atomic E-state index is 0.0269. The van der Waals surface area contributed by atoms with Gasteiger partial charge in [0.05, 0.1) is 17.7 Å². The first-order valence-corrected chi connectivity index (χ1v) is 11.4. The number of ether oxygens (including phenoxy) is 3. The van der Waals surface area contributed by atoms with Crippen LogP contribution in [-0.4, -0.2) is 91.5 Å². The van der Waals surface area contributed by atoms with E-state index in [-0.39, 0.29) is 33.6 Å². The molecule has 1 heterocycles. The van der Waals surface area contributed by atoms with Crippen LogP contribution >= 0.6 is 0 Å². The van der Waals surface area contributed by atoms with Crippen molar-refractivity contribution >= 4 is 23.5 Å². The number of fused-ring (bicyclic) bond motifs is 2. The Bertz CT molecular complexity index is 1320. The van der Waals surface area contributed by atoms with Crippen LogP contribution in [0.25, 0.3) is 0 Å². The molecule has 0 saturated carbocycles. The molecule has 0 aromatic heterocycles. The summed E-state index contributed by atoms with van der Waals surface area (Å²) in [5.74, 6) is -4.82. The lowest BCUT2D eigenvalue weighted by Gasteiger charge is -2.40. The van der Waals surface area contributed by atoms with Crippen molar-refractivity contribution < 1.29 is 64.0 Å². The highest BCUT2D eigenvalue weighted by Crippen LogP contribution is 2.38. The van der Waals surface area contributed by atoms with Gasteiger partial charge in [-0.1, -0.05) is 0 Å². The SMILES string of the molecule is Cc1cc(O)c2c(c1)C(=O)c1cc(CO[C@@H]3O[C@H](COC(=O)CC(=O)O)[C@H](O)[C@H](O)[C@H]3O)cc(O)c1C2=O. The van der Waals surface area contributed by atoms with Crippen molar-refractivity contribution in [1.29, 1.82) is 0 Å². The molecule has 1 aliphatic carbocycles. The van der Waals surface area contributed by atoms with Gasteiger partial charge >= 0.3 is 11.9 Å². The lowest BCUT2D eigenvalue weighted by atomic mass is 9.81. The Morgan fingerprint density at radius 2 is 1.53 bits per heavy atom. The second-order valence-electron chi connectivity index (χ2n) is 8.98. The fourth-order valence-corrected chi connectivity index (χ4v) is 4.36. The molecule has 2 aromatic rings. The average Bonchev–Trinajstić information content (AvgIpc) is 2.83. The predicted octanol–water partition coefficient (Wildman–Crippen LogP) is -0.476. The van der Waals surface area contributed by atoms with E-state index in [0.29, 0.717) is 5.56 Å². The average molecular weight is 532 g/mol. The molecule has 5 atom stereocenters. The van der Waals surface area contributed by atoms with Gasteiger partial charge in [0.15, 0.2) is 12.1 Å². The third-order valence-electron chi connectivity index (χ3n) is 6.17. The van der Waals surface area contributed by atoms with Crippen molar-refractivity contribution in [3.8, 4) is 11.5 Å². The third kappa shape index (κ3) is 5.10. The van der Waals surface area contributed by atoms with E-state index < -0.39 is 79.6 Å². The van der Waals surface area contributed by atoms with E-state index >= 15 is 0 Å². The van der Waals surface area contributed by atoms with Crippen LogP contribution in [0, 0.1) is 6.92 Å². The van der Waals surface area contributed by atoms with E-state index in [1.807, 2.05) is 0 Å². The maximum absolute atomic E-state index is 13.1. The molecule has 1 saturated heterocycles.